The number of carboxylic acids is 1. The number of carboxylic acid groups (broad SMARTS) is 1. The number of hydrogen-bond acceptors (Lipinski definition) is 6. The van der Waals surface area contributed by atoms with E-state index < -0.39 is 12.0 Å². The van der Waals surface area contributed by atoms with Gasteiger partial charge in [0, 0.05) is 29.9 Å². The third-order valence-corrected chi connectivity index (χ3v) is 9.02. The molecule has 0 aliphatic carbocycles. The van der Waals surface area contributed by atoms with Crippen LogP contribution in [0.2, 0.25) is 0 Å². The number of carbonyl (C=O) groups excluding carboxylic acids is 1. The number of nitrogens with zero attached hydrogens (tertiary/aromatic N) is 1. The van der Waals surface area contributed by atoms with E-state index in [1.807, 2.05) is 91.7 Å². The van der Waals surface area contributed by atoms with E-state index in [0.717, 1.165) is 47.5 Å². The molecule has 1 aliphatic rings. The van der Waals surface area contributed by atoms with E-state index in [1.54, 1.807) is 11.8 Å². The number of aliphatic carboxylic acids is 1. The SMILES string of the molecule is CSCC[C@H](NC(=O)c1ccc(CN2C[C@@H](SC)C[C@H]2COc2ccccc2)cc1-c1ccccc1C)C(=O)O. The zero-order valence-electron chi connectivity index (χ0n) is 23.3. The predicted octanol–water partition coefficient (Wildman–Crippen LogP) is 5.98. The fourth-order valence-corrected chi connectivity index (χ4v) is 6.36. The number of rotatable bonds is 13. The summed E-state index contributed by atoms with van der Waals surface area (Å²) in [6.07, 6.45) is 5.52. The summed E-state index contributed by atoms with van der Waals surface area (Å²) >= 11 is 3.46. The highest BCUT2D eigenvalue weighted by atomic mass is 32.2. The standard InChI is InChI=1S/C32H38N2O4S2/c1-22-9-7-8-12-27(22)29-17-23(13-14-28(29)31(35)33-30(32(36)37)15-16-39-2)19-34-20-26(40-3)18-24(34)21-38-25-10-5-4-6-11-25/h4-14,17,24,26,30H,15-16,18-21H2,1-3H3,(H,33,35)(H,36,37)/t24-,26-,30-/m0/s1. The normalized spacial score (nSPS) is 17.9. The maximum Gasteiger partial charge on any atom is 0.326 e. The second-order valence-corrected chi connectivity index (χ2v) is 12.3. The minimum Gasteiger partial charge on any atom is -0.492 e. The first-order valence-corrected chi connectivity index (χ1v) is 16.2. The van der Waals surface area contributed by atoms with Gasteiger partial charge in [0.1, 0.15) is 18.4 Å². The van der Waals surface area contributed by atoms with E-state index in [9.17, 15) is 14.7 Å². The Morgan fingerprint density at radius 3 is 2.50 bits per heavy atom. The van der Waals surface area contributed by atoms with Crippen molar-refractivity contribution in [2.24, 2.45) is 0 Å². The molecular weight excluding hydrogens is 540 g/mol. The largest absolute Gasteiger partial charge is 0.492 e. The lowest BCUT2D eigenvalue weighted by Gasteiger charge is -2.25. The van der Waals surface area contributed by atoms with Crippen LogP contribution in [-0.2, 0) is 11.3 Å². The van der Waals surface area contributed by atoms with E-state index in [4.69, 9.17) is 4.74 Å². The molecule has 3 aromatic carbocycles. The number of nitrogens with one attached hydrogen (secondary N) is 1. The zero-order valence-corrected chi connectivity index (χ0v) is 25.0. The first-order valence-electron chi connectivity index (χ1n) is 13.6. The van der Waals surface area contributed by atoms with Gasteiger partial charge in [-0.25, -0.2) is 4.79 Å². The average Bonchev–Trinajstić information content (AvgIpc) is 3.36. The van der Waals surface area contributed by atoms with Crippen molar-refractivity contribution < 1.29 is 19.4 Å². The van der Waals surface area contributed by atoms with E-state index in [1.165, 1.54) is 0 Å². The monoisotopic (exact) mass is 578 g/mol. The molecule has 0 spiro atoms. The lowest BCUT2D eigenvalue weighted by Crippen LogP contribution is -2.41. The van der Waals surface area contributed by atoms with Gasteiger partial charge < -0.3 is 15.2 Å². The fourth-order valence-electron chi connectivity index (χ4n) is 5.13. The maximum atomic E-state index is 13.4. The molecule has 1 heterocycles. The number of ether oxygens (including phenoxy) is 1. The Kier molecular flexibility index (Phi) is 11.0. The minimum atomic E-state index is -1.02. The van der Waals surface area contributed by atoms with Gasteiger partial charge in [-0.3, -0.25) is 9.69 Å². The zero-order chi connectivity index (χ0) is 28.5. The molecule has 1 amide bonds. The molecule has 0 bridgehead atoms. The Balaban J connectivity index is 1.59. The van der Waals surface area contributed by atoms with Crippen molar-refractivity contribution >= 4 is 35.4 Å². The van der Waals surface area contributed by atoms with Crippen molar-refractivity contribution in [1.82, 2.24) is 10.2 Å². The van der Waals surface area contributed by atoms with E-state index in [-0.39, 0.29) is 11.9 Å². The Hall–Kier alpha value is -2.94. The molecule has 0 radical (unpaired) electrons. The quantitative estimate of drug-likeness (QED) is 0.258. The first kappa shape index (κ1) is 30.0. The number of benzene rings is 3. The highest BCUT2D eigenvalue weighted by Crippen LogP contribution is 2.32. The Labute approximate surface area is 245 Å². The van der Waals surface area contributed by atoms with Crippen LogP contribution in [0, 0.1) is 6.92 Å². The van der Waals surface area contributed by atoms with E-state index in [0.29, 0.717) is 29.6 Å². The van der Waals surface area contributed by atoms with Gasteiger partial charge in [0.05, 0.1) is 0 Å². The molecule has 1 fully saturated rings. The van der Waals surface area contributed by atoms with Crippen molar-refractivity contribution in [1.29, 1.82) is 0 Å². The molecule has 8 heteroatoms. The predicted molar refractivity (Wildman–Crippen MR) is 167 cm³/mol. The second kappa shape index (κ2) is 14.6. The van der Waals surface area contributed by atoms with Crippen LogP contribution in [0.3, 0.4) is 0 Å². The fraction of sp³-hybridized carbons (Fsp3) is 0.375. The van der Waals surface area contributed by atoms with Crippen LogP contribution in [0.4, 0.5) is 0 Å². The summed E-state index contributed by atoms with van der Waals surface area (Å²) < 4.78 is 6.14. The van der Waals surface area contributed by atoms with Gasteiger partial charge in [-0.1, -0.05) is 48.5 Å². The van der Waals surface area contributed by atoms with Crippen LogP contribution in [-0.4, -0.2) is 70.6 Å². The van der Waals surface area contributed by atoms with Crippen molar-refractivity contribution in [3.05, 3.63) is 89.5 Å². The maximum absolute atomic E-state index is 13.4. The molecule has 2 N–H and O–H groups in total. The molecular formula is C32H38N2O4S2. The van der Waals surface area contributed by atoms with Crippen LogP contribution in [0.5, 0.6) is 5.75 Å². The minimum absolute atomic E-state index is 0.287. The number of aryl methyl sites for hydroxylation is 1. The number of likely N-dealkylation sites (tertiary alicyclic amines) is 1. The van der Waals surface area contributed by atoms with Gasteiger partial charge in [0.2, 0.25) is 0 Å². The number of hydrogen-bond donors (Lipinski definition) is 2. The van der Waals surface area contributed by atoms with Gasteiger partial charge in [-0.2, -0.15) is 23.5 Å². The molecule has 0 aromatic heterocycles. The molecule has 1 saturated heterocycles. The van der Waals surface area contributed by atoms with E-state index >= 15 is 0 Å². The number of thioether (sulfide) groups is 2. The molecule has 212 valence electrons. The molecule has 0 saturated carbocycles. The molecule has 4 rings (SSSR count). The van der Waals surface area contributed by atoms with Gasteiger partial charge in [-0.05, 0) is 84.5 Å². The van der Waals surface area contributed by atoms with Crippen molar-refractivity contribution in [2.45, 2.75) is 43.6 Å². The average molecular weight is 579 g/mol. The van der Waals surface area contributed by atoms with Gasteiger partial charge >= 0.3 is 5.97 Å². The van der Waals surface area contributed by atoms with Crippen LogP contribution < -0.4 is 10.1 Å². The van der Waals surface area contributed by atoms with Crippen LogP contribution in [0.1, 0.15) is 34.3 Å². The first-order chi connectivity index (χ1) is 19.4. The Morgan fingerprint density at radius 1 is 1.05 bits per heavy atom. The van der Waals surface area contributed by atoms with Crippen LogP contribution in [0.15, 0.2) is 72.8 Å². The van der Waals surface area contributed by atoms with Crippen molar-refractivity contribution in [3.63, 3.8) is 0 Å². The van der Waals surface area contributed by atoms with Gasteiger partial charge in [0.15, 0.2) is 0 Å². The summed E-state index contributed by atoms with van der Waals surface area (Å²) in [4.78, 5) is 27.7. The molecule has 3 aromatic rings. The lowest BCUT2D eigenvalue weighted by atomic mass is 9.93. The van der Waals surface area contributed by atoms with E-state index in [2.05, 4.69) is 22.5 Å². The summed E-state index contributed by atoms with van der Waals surface area (Å²) in [5, 5.41) is 13.0. The highest BCUT2D eigenvalue weighted by Gasteiger charge is 2.32. The smallest absolute Gasteiger partial charge is 0.326 e. The lowest BCUT2D eigenvalue weighted by molar-refractivity contribution is -0.139. The Morgan fingerprint density at radius 2 is 1.80 bits per heavy atom. The molecule has 3 atom stereocenters. The molecule has 40 heavy (non-hydrogen) atoms. The van der Waals surface area contributed by atoms with Gasteiger partial charge in [-0.15, -0.1) is 0 Å². The van der Waals surface area contributed by atoms with Crippen LogP contribution >= 0.6 is 23.5 Å². The Bertz CT molecular complexity index is 1290. The summed E-state index contributed by atoms with van der Waals surface area (Å²) in [5.41, 5.74) is 4.44. The summed E-state index contributed by atoms with van der Waals surface area (Å²) in [5.74, 6) is 0.154. The molecule has 6 nitrogen and oxygen atoms in total. The number of para-hydroxylation sites is 1. The van der Waals surface area contributed by atoms with Crippen LogP contribution in [0.25, 0.3) is 11.1 Å². The van der Waals surface area contributed by atoms with Gasteiger partial charge in [0.25, 0.3) is 5.91 Å². The second-order valence-electron chi connectivity index (χ2n) is 10.1. The molecule has 1 aliphatic heterocycles. The number of amides is 1. The highest BCUT2D eigenvalue weighted by molar-refractivity contribution is 7.99. The number of carbonyl (C=O) groups is 2. The summed E-state index contributed by atoms with van der Waals surface area (Å²) in [7, 11) is 0. The van der Waals surface area contributed by atoms with Crippen molar-refractivity contribution in [2.75, 3.05) is 31.4 Å². The van der Waals surface area contributed by atoms with Crippen molar-refractivity contribution in [3.8, 4) is 16.9 Å². The summed E-state index contributed by atoms with van der Waals surface area (Å²) in [6, 6.07) is 23.2. The molecule has 0 unspecified atom stereocenters. The third-order valence-electron chi connectivity index (χ3n) is 7.37. The topological polar surface area (TPSA) is 78.9 Å². The summed E-state index contributed by atoms with van der Waals surface area (Å²) in [6.45, 7) is 4.37. The third kappa shape index (κ3) is 7.83.